The first kappa shape index (κ1) is 39.4. The average Bonchev–Trinajstić information content (AvgIpc) is 3.65. The summed E-state index contributed by atoms with van der Waals surface area (Å²) in [7, 11) is 5.37. The van der Waals surface area contributed by atoms with Crippen molar-refractivity contribution < 1.29 is 29.0 Å². The Balaban J connectivity index is 1.13. The van der Waals surface area contributed by atoms with Crippen LogP contribution in [0.15, 0.2) is 142 Å². The third kappa shape index (κ3) is 6.14. The van der Waals surface area contributed by atoms with Gasteiger partial charge in [-0.05, 0) is 125 Å². The van der Waals surface area contributed by atoms with Gasteiger partial charge in [0.15, 0.2) is 11.5 Å². The molecule has 1 saturated carbocycles. The van der Waals surface area contributed by atoms with E-state index in [-0.39, 0.29) is 36.2 Å². The molecule has 6 unspecified atom stereocenters. The first-order valence-corrected chi connectivity index (χ1v) is 20.7. The number of hydrogen-bond donors (Lipinski definition) is 1. The largest absolute Gasteiger partial charge is 0.503 e. The minimum Gasteiger partial charge on any atom is -0.503 e. The van der Waals surface area contributed by atoms with E-state index in [9.17, 15) is 14.7 Å². The number of nitrogens with zero attached hydrogens (tertiary/aromatic N) is 5. The predicted octanol–water partition coefficient (Wildman–Crippen LogP) is 9.67. The van der Waals surface area contributed by atoms with Crippen molar-refractivity contribution in [2.24, 2.45) is 33.9 Å². The molecule has 0 radical (unpaired) electrons. The molecule has 5 aromatic carbocycles. The molecule has 302 valence electrons. The quantitative estimate of drug-likeness (QED) is 0.0933. The number of imide groups is 2. The fourth-order valence-electron chi connectivity index (χ4n) is 9.89. The highest BCUT2D eigenvalue weighted by molar-refractivity contribution is 9.10. The van der Waals surface area contributed by atoms with E-state index in [2.05, 4.69) is 26.2 Å². The maximum atomic E-state index is 15.5. The van der Waals surface area contributed by atoms with E-state index < -0.39 is 46.8 Å². The maximum absolute atomic E-state index is 15.5. The van der Waals surface area contributed by atoms with Gasteiger partial charge in [0.25, 0.3) is 0 Å². The van der Waals surface area contributed by atoms with Gasteiger partial charge >= 0.3 is 0 Å². The van der Waals surface area contributed by atoms with Crippen molar-refractivity contribution in [3.05, 3.63) is 148 Å². The Morgan fingerprint density at radius 2 is 1.47 bits per heavy atom. The monoisotopic (exact) mass is 883 g/mol. The number of carbonyl (C=O) groups excluding carboxylic acids is 4. The lowest BCUT2D eigenvalue weighted by molar-refractivity contribution is -0.127. The summed E-state index contributed by atoms with van der Waals surface area (Å²) < 4.78 is 5.95. The molecule has 2 heterocycles. The number of ether oxygens (including phenoxy) is 1. The van der Waals surface area contributed by atoms with E-state index in [1.54, 1.807) is 60.7 Å². The van der Waals surface area contributed by atoms with Gasteiger partial charge in [0.2, 0.25) is 23.6 Å². The molecule has 11 nitrogen and oxygen atoms in total. The van der Waals surface area contributed by atoms with Gasteiger partial charge in [-0.2, -0.15) is 10.2 Å². The van der Waals surface area contributed by atoms with Crippen LogP contribution in [0.4, 0.5) is 28.4 Å². The number of amides is 4. The predicted molar refractivity (Wildman–Crippen MR) is 232 cm³/mol. The van der Waals surface area contributed by atoms with Gasteiger partial charge in [-0.25, -0.2) is 4.90 Å². The summed E-state index contributed by atoms with van der Waals surface area (Å²) in [6.45, 7) is 0. The zero-order valence-corrected chi connectivity index (χ0v) is 35.2. The summed E-state index contributed by atoms with van der Waals surface area (Å²) in [5, 5.41) is 20.0. The van der Waals surface area contributed by atoms with E-state index in [1.807, 2.05) is 79.7 Å². The van der Waals surface area contributed by atoms with Crippen molar-refractivity contribution in [2.45, 2.75) is 24.2 Å². The van der Waals surface area contributed by atoms with Crippen LogP contribution in [0.3, 0.4) is 0 Å². The lowest BCUT2D eigenvalue weighted by atomic mass is 9.49. The smallest absolute Gasteiger partial charge is 0.246 e. The lowest BCUT2D eigenvalue weighted by Gasteiger charge is -2.50. The Bertz CT molecular complexity index is 2640. The van der Waals surface area contributed by atoms with E-state index in [0.29, 0.717) is 43.4 Å². The minimum atomic E-state index is -1.48. The molecule has 0 spiro atoms. The minimum absolute atomic E-state index is 0.121. The van der Waals surface area contributed by atoms with Crippen LogP contribution in [0.5, 0.6) is 11.5 Å². The molecule has 60 heavy (non-hydrogen) atoms. The van der Waals surface area contributed by atoms with Crippen LogP contribution in [-0.2, 0) is 24.6 Å². The van der Waals surface area contributed by atoms with Crippen LogP contribution in [-0.4, -0.2) is 49.9 Å². The topological polar surface area (TPSA) is 132 Å². The third-order valence-electron chi connectivity index (χ3n) is 12.5. The Kier molecular flexibility index (Phi) is 9.95. The van der Waals surface area contributed by atoms with Crippen LogP contribution in [0.25, 0.3) is 0 Å². The Hall–Kier alpha value is -6.11. The van der Waals surface area contributed by atoms with Crippen LogP contribution in [0.1, 0.15) is 29.9 Å². The van der Waals surface area contributed by atoms with Crippen LogP contribution in [0, 0.1) is 23.7 Å². The molecule has 6 atom stereocenters. The molecular formula is C47H39BrClN5O6. The molecule has 4 aliphatic rings. The molecule has 4 amide bonds. The van der Waals surface area contributed by atoms with Gasteiger partial charge in [-0.15, -0.1) is 0 Å². The molecule has 5 aromatic rings. The summed E-state index contributed by atoms with van der Waals surface area (Å²) in [6.07, 6.45) is 2.38. The second-order valence-corrected chi connectivity index (χ2v) is 17.1. The normalized spacial score (nSPS) is 24.7. The molecule has 0 aromatic heterocycles. The number of aromatic hydroxyl groups is 1. The number of methoxy groups -OCH3 is 1. The fourth-order valence-corrected chi connectivity index (χ4v) is 10.5. The maximum Gasteiger partial charge on any atom is 0.246 e. The zero-order chi connectivity index (χ0) is 42.0. The molecule has 1 N–H and O–H groups in total. The third-order valence-corrected chi connectivity index (χ3v) is 13.4. The zero-order valence-electron chi connectivity index (χ0n) is 32.8. The summed E-state index contributed by atoms with van der Waals surface area (Å²) in [6, 6.07) is 33.8. The molecular weight excluding hydrogens is 846 g/mol. The molecule has 2 aliphatic carbocycles. The highest BCUT2D eigenvalue weighted by Gasteiger charge is 2.70. The Morgan fingerprint density at radius 3 is 2.12 bits per heavy atom. The second-order valence-electron chi connectivity index (χ2n) is 15.8. The molecule has 2 saturated heterocycles. The van der Waals surface area contributed by atoms with Crippen molar-refractivity contribution in [2.75, 3.05) is 35.9 Å². The van der Waals surface area contributed by atoms with E-state index in [1.165, 1.54) is 16.9 Å². The van der Waals surface area contributed by atoms with Gasteiger partial charge in [0.1, 0.15) is 0 Å². The molecule has 3 fully saturated rings. The second kappa shape index (κ2) is 15.2. The van der Waals surface area contributed by atoms with E-state index >= 15 is 9.59 Å². The number of allylic oxidation sites excluding steroid dienone is 2. The molecule has 0 bridgehead atoms. The number of benzene rings is 5. The summed E-state index contributed by atoms with van der Waals surface area (Å²) in [5.74, 6) is -5.32. The number of fused-ring (bicyclic) bond motifs is 4. The molecule has 13 heteroatoms. The number of halogens is 2. The van der Waals surface area contributed by atoms with E-state index in [0.717, 1.165) is 11.3 Å². The van der Waals surface area contributed by atoms with Gasteiger partial charge in [-0.1, -0.05) is 59.6 Å². The van der Waals surface area contributed by atoms with Crippen molar-refractivity contribution in [3.8, 4) is 11.5 Å². The van der Waals surface area contributed by atoms with Crippen LogP contribution in [0.2, 0.25) is 5.02 Å². The number of phenols is 1. The van der Waals surface area contributed by atoms with Crippen LogP contribution >= 0.6 is 27.5 Å². The van der Waals surface area contributed by atoms with Crippen molar-refractivity contribution >= 4 is 79.6 Å². The van der Waals surface area contributed by atoms with Gasteiger partial charge in [-0.3, -0.25) is 24.1 Å². The standard InChI is InChI=1S/C47H39BrClN5O6/c1-52(2)31-16-12-29(13-17-31)50-51-30-14-18-32(19-15-30)53-43(56)35-21-20-34-36(40(35)45(53)58)25-37-44(57)54(33-11-7-10-28(49)24-33)46(59)47(37,27-8-5-4-6-9-27)41(34)26-22-38(48)42(55)39(23-26)60-3/h4-20,22-24,35-37,40-41,55H,21,25H2,1-3H3. The number of hydrogen-bond acceptors (Lipinski definition) is 9. The first-order valence-electron chi connectivity index (χ1n) is 19.6. The SMILES string of the molecule is COc1cc(C2C3=CCC4C(=O)N(c5ccc(N=Nc6ccc(N(C)C)cc6)cc5)C(=O)C4C3CC3C(=O)N(c4cccc(Cl)c4)C(=O)C32c2ccccc2)cc(Br)c1O. The number of rotatable bonds is 8. The van der Waals surface area contributed by atoms with E-state index in [4.69, 9.17) is 16.3 Å². The Labute approximate surface area is 360 Å². The number of carbonyl (C=O) groups is 4. The summed E-state index contributed by atoms with van der Waals surface area (Å²) >= 11 is 9.95. The Morgan fingerprint density at radius 1 is 0.783 bits per heavy atom. The van der Waals surface area contributed by atoms with Crippen molar-refractivity contribution in [1.82, 2.24) is 0 Å². The fraction of sp³-hybridized carbons (Fsp3) is 0.234. The highest BCUT2D eigenvalue weighted by atomic mass is 79.9. The van der Waals surface area contributed by atoms with Crippen molar-refractivity contribution in [3.63, 3.8) is 0 Å². The van der Waals surface area contributed by atoms with Gasteiger partial charge < -0.3 is 14.7 Å². The van der Waals surface area contributed by atoms with Gasteiger partial charge in [0.05, 0.1) is 57.5 Å². The molecule has 2 aliphatic heterocycles. The number of anilines is 3. The summed E-state index contributed by atoms with van der Waals surface area (Å²) in [4.78, 5) is 64.2. The highest BCUT2D eigenvalue weighted by Crippen LogP contribution is 2.65. The average molecular weight is 885 g/mol. The first-order chi connectivity index (χ1) is 28.9. The lowest BCUT2D eigenvalue weighted by Crippen LogP contribution is -2.53. The van der Waals surface area contributed by atoms with Crippen LogP contribution < -0.4 is 19.4 Å². The summed E-state index contributed by atoms with van der Waals surface area (Å²) in [5.41, 5.74) is 3.54. The molecule has 9 rings (SSSR count). The number of azo groups is 1. The number of phenolic OH excluding ortho intramolecular Hbond substituents is 1. The van der Waals surface area contributed by atoms with Crippen molar-refractivity contribution in [1.29, 1.82) is 0 Å². The van der Waals surface area contributed by atoms with Gasteiger partial charge in [0, 0.05) is 30.7 Å².